The molecule has 0 aliphatic heterocycles. The second kappa shape index (κ2) is 7.56. The molecule has 0 heterocycles. The van der Waals surface area contributed by atoms with Crippen LogP contribution >= 0.6 is 0 Å². The molecule has 0 aromatic heterocycles. The van der Waals surface area contributed by atoms with E-state index in [1.165, 1.54) is 12.8 Å². The number of rotatable bonds is 7. The van der Waals surface area contributed by atoms with Gasteiger partial charge < -0.3 is 10.5 Å². The fourth-order valence-corrected chi connectivity index (χ4v) is 1.18. The van der Waals surface area contributed by atoms with Gasteiger partial charge in [-0.05, 0) is 26.2 Å². The number of methoxy groups -OCH3 is 1. The minimum atomic E-state index is 0.359. The second-order valence-electron chi connectivity index (χ2n) is 3.53. The van der Waals surface area contributed by atoms with Crippen LogP contribution in [0.25, 0.3) is 0 Å². The minimum absolute atomic E-state index is 0.359. The first kappa shape index (κ1) is 11.9. The van der Waals surface area contributed by atoms with E-state index in [0.717, 1.165) is 19.3 Å². The van der Waals surface area contributed by atoms with Crippen molar-refractivity contribution in [1.29, 1.82) is 0 Å². The fraction of sp³-hybridized carbons (Fsp3) is 1.00. The van der Waals surface area contributed by atoms with Gasteiger partial charge in [0, 0.05) is 13.2 Å². The molecule has 2 heteroatoms. The Morgan fingerprint density at radius 2 is 1.92 bits per heavy atom. The zero-order chi connectivity index (χ0) is 9.40. The van der Waals surface area contributed by atoms with Crippen molar-refractivity contribution >= 4 is 0 Å². The Hall–Kier alpha value is -0.0800. The first-order valence-corrected chi connectivity index (χ1v) is 4.99. The van der Waals surface area contributed by atoms with Crippen molar-refractivity contribution in [2.24, 2.45) is 5.73 Å². The van der Waals surface area contributed by atoms with Crippen LogP contribution in [-0.2, 0) is 4.74 Å². The second-order valence-corrected chi connectivity index (χ2v) is 3.53. The third kappa shape index (κ3) is 6.62. The molecule has 0 aliphatic carbocycles. The lowest BCUT2D eigenvalue weighted by atomic mass is 10.0. The van der Waals surface area contributed by atoms with E-state index in [-0.39, 0.29) is 0 Å². The summed E-state index contributed by atoms with van der Waals surface area (Å²) in [5, 5.41) is 0. The van der Waals surface area contributed by atoms with Gasteiger partial charge in [-0.1, -0.05) is 19.8 Å². The van der Waals surface area contributed by atoms with Crippen molar-refractivity contribution < 1.29 is 4.74 Å². The Balaban J connectivity index is 3.24. The highest BCUT2D eigenvalue weighted by molar-refractivity contribution is 4.63. The van der Waals surface area contributed by atoms with Crippen LogP contribution in [0, 0.1) is 0 Å². The van der Waals surface area contributed by atoms with E-state index in [1.807, 2.05) is 0 Å². The highest BCUT2D eigenvalue weighted by Gasteiger charge is 2.04. The quantitative estimate of drug-likeness (QED) is 0.641. The molecule has 12 heavy (non-hydrogen) atoms. The third-order valence-electron chi connectivity index (χ3n) is 2.27. The molecule has 2 N–H and O–H groups in total. The summed E-state index contributed by atoms with van der Waals surface area (Å²) < 4.78 is 5.15. The fourth-order valence-electron chi connectivity index (χ4n) is 1.18. The standard InChI is InChI=1S/C10H23NO/c1-4-5-6-10(11)8-7-9(2)12-3/h9-10H,4-8,11H2,1-3H3. The van der Waals surface area contributed by atoms with Gasteiger partial charge in [0.2, 0.25) is 0 Å². The molecule has 74 valence electrons. The summed E-state index contributed by atoms with van der Waals surface area (Å²) in [4.78, 5) is 0. The van der Waals surface area contributed by atoms with E-state index in [0.29, 0.717) is 12.1 Å². The van der Waals surface area contributed by atoms with E-state index in [9.17, 15) is 0 Å². The van der Waals surface area contributed by atoms with Crippen LogP contribution in [0.5, 0.6) is 0 Å². The van der Waals surface area contributed by atoms with Crippen molar-refractivity contribution in [3.63, 3.8) is 0 Å². The number of ether oxygens (including phenoxy) is 1. The molecule has 0 saturated heterocycles. The molecule has 0 amide bonds. The molecule has 0 aliphatic rings. The topological polar surface area (TPSA) is 35.2 Å². The Labute approximate surface area is 76.5 Å². The highest BCUT2D eigenvalue weighted by Crippen LogP contribution is 2.07. The molecule has 2 nitrogen and oxygen atoms in total. The third-order valence-corrected chi connectivity index (χ3v) is 2.27. The first-order chi connectivity index (χ1) is 5.70. The van der Waals surface area contributed by atoms with Crippen molar-refractivity contribution in [1.82, 2.24) is 0 Å². The van der Waals surface area contributed by atoms with Gasteiger partial charge in [0.1, 0.15) is 0 Å². The van der Waals surface area contributed by atoms with Crippen molar-refractivity contribution in [2.45, 2.75) is 58.1 Å². The molecule has 0 saturated carbocycles. The summed E-state index contributed by atoms with van der Waals surface area (Å²) in [5.41, 5.74) is 5.91. The van der Waals surface area contributed by atoms with Crippen LogP contribution in [0.3, 0.4) is 0 Å². The molecule has 0 aromatic rings. The van der Waals surface area contributed by atoms with Gasteiger partial charge >= 0.3 is 0 Å². The lowest BCUT2D eigenvalue weighted by Crippen LogP contribution is -2.21. The van der Waals surface area contributed by atoms with Crippen molar-refractivity contribution in [3.8, 4) is 0 Å². The Morgan fingerprint density at radius 1 is 1.25 bits per heavy atom. The molecule has 0 spiro atoms. The average molecular weight is 173 g/mol. The van der Waals surface area contributed by atoms with Crippen LogP contribution in [-0.4, -0.2) is 19.3 Å². The summed E-state index contributed by atoms with van der Waals surface area (Å²) in [6, 6.07) is 0.377. The molecule has 0 fully saturated rings. The number of nitrogens with two attached hydrogens (primary N) is 1. The Morgan fingerprint density at radius 3 is 2.42 bits per heavy atom. The predicted octanol–water partition coefficient (Wildman–Crippen LogP) is 2.32. The molecule has 0 aromatic carbocycles. The van der Waals surface area contributed by atoms with Gasteiger partial charge in [-0.25, -0.2) is 0 Å². The molecular weight excluding hydrogens is 150 g/mol. The maximum atomic E-state index is 5.91. The monoisotopic (exact) mass is 173 g/mol. The van der Waals surface area contributed by atoms with Crippen LogP contribution < -0.4 is 5.73 Å². The van der Waals surface area contributed by atoms with Gasteiger partial charge in [0.05, 0.1) is 6.10 Å². The van der Waals surface area contributed by atoms with Gasteiger partial charge in [-0.15, -0.1) is 0 Å². The zero-order valence-corrected chi connectivity index (χ0v) is 8.68. The van der Waals surface area contributed by atoms with Gasteiger partial charge in [-0.2, -0.15) is 0 Å². The van der Waals surface area contributed by atoms with E-state index in [1.54, 1.807) is 7.11 Å². The molecular formula is C10H23NO. The summed E-state index contributed by atoms with van der Waals surface area (Å²) in [6.45, 7) is 4.29. The number of unbranched alkanes of at least 4 members (excludes halogenated alkanes) is 1. The SMILES string of the molecule is CCCCC(N)CCC(C)OC. The van der Waals surface area contributed by atoms with Gasteiger partial charge in [-0.3, -0.25) is 0 Å². The maximum absolute atomic E-state index is 5.91. The summed E-state index contributed by atoms with van der Waals surface area (Å²) in [5.74, 6) is 0. The Bertz CT molecular complexity index is 95.8. The summed E-state index contributed by atoms with van der Waals surface area (Å²) in [7, 11) is 1.75. The van der Waals surface area contributed by atoms with E-state index < -0.39 is 0 Å². The van der Waals surface area contributed by atoms with Gasteiger partial charge in [0.25, 0.3) is 0 Å². The first-order valence-electron chi connectivity index (χ1n) is 4.99. The lowest BCUT2D eigenvalue weighted by Gasteiger charge is -2.13. The summed E-state index contributed by atoms with van der Waals surface area (Å²) in [6.07, 6.45) is 6.19. The highest BCUT2D eigenvalue weighted by atomic mass is 16.5. The smallest absolute Gasteiger partial charge is 0.0543 e. The molecule has 0 bridgehead atoms. The van der Waals surface area contributed by atoms with E-state index in [2.05, 4.69) is 13.8 Å². The van der Waals surface area contributed by atoms with E-state index >= 15 is 0 Å². The number of hydrogen-bond acceptors (Lipinski definition) is 2. The maximum Gasteiger partial charge on any atom is 0.0543 e. The number of hydrogen-bond donors (Lipinski definition) is 1. The van der Waals surface area contributed by atoms with Crippen LogP contribution in [0.2, 0.25) is 0 Å². The summed E-state index contributed by atoms with van der Waals surface area (Å²) >= 11 is 0. The van der Waals surface area contributed by atoms with Crippen molar-refractivity contribution in [2.75, 3.05) is 7.11 Å². The van der Waals surface area contributed by atoms with Crippen molar-refractivity contribution in [3.05, 3.63) is 0 Å². The van der Waals surface area contributed by atoms with Gasteiger partial charge in [0.15, 0.2) is 0 Å². The largest absolute Gasteiger partial charge is 0.382 e. The average Bonchev–Trinajstić information content (AvgIpc) is 2.10. The molecule has 2 atom stereocenters. The zero-order valence-electron chi connectivity index (χ0n) is 8.68. The molecule has 0 radical (unpaired) electrons. The minimum Gasteiger partial charge on any atom is -0.382 e. The van der Waals surface area contributed by atoms with Crippen LogP contribution in [0.4, 0.5) is 0 Å². The molecule has 2 unspecified atom stereocenters. The van der Waals surface area contributed by atoms with Crippen LogP contribution in [0.1, 0.15) is 46.0 Å². The lowest BCUT2D eigenvalue weighted by molar-refractivity contribution is 0.107. The normalized spacial score (nSPS) is 16.0. The van der Waals surface area contributed by atoms with Crippen LogP contribution in [0.15, 0.2) is 0 Å². The Kier molecular flexibility index (Phi) is 7.51. The molecule has 0 rings (SSSR count). The van der Waals surface area contributed by atoms with E-state index in [4.69, 9.17) is 10.5 Å². The predicted molar refractivity (Wildman–Crippen MR) is 53.2 cm³/mol.